The Bertz CT molecular complexity index is 1100. The second kappa shape index (κ2) is 13.0. The molecule has 0 aliphatic carbocycles. The fourth-order valence-electron chi connectivity index (χ4n) is 3.65. The minimum Gasteiger partial charge on any atom is -0.480 e. The predicted molar refractivity (Wildman–Crippen MR) is 144 cm³/mol. The lowest BCUT2D eigenvalue weighted by molar-refractivity contribution is -0.139. The molecule has 36 heavy (non-hydrogen) atoms. The first-order valence-corrected chi connectivity index (χ1v) is 13.2. The number of hydrogen-bond acceptors (Lipinski definition) is 6. The van der Waals surface area contributed by atoms with Crippen molar-refractivity contribution in [2.24, 2.45) is 0 Å². The molecule has 1 aliphatic heterocycles. The van der Waals surface area contributed by atoms with Gasteiger partial charge in [0, 0.05) is 43.1 Å². The molecule has 0 spiro atoms. The third kappa shape index (κ3) is 7.13. The van der Waals surface area contributed by atoms with Gasteiger partial charge in [-0.3, -0.25) is 4.79 Å². The molecule has 0 bridgehead atoms. The van der Waals surface area contributed by atoms with E-state index in [2.05, 4.69) is 49.0 Å². The molecule has 0 radical (unpaired) electrons. The van der Waals surface area contributed by atoms with Crippen LogP contribution in [0.15, 0.2) is 39.3 Å². The van der Waals surface area contributed by atoms with Gasteiger partial charge in [-0.1, -0.05) is 13.3 Å². The van der Waals surface area contributed by atoms with Crippen molar-refractivity contribution in [1.82, 2.24) is 4.90 Å². The second-order valence-electron chi connectivity index (χ2n) is 8.30. The second-order valence-corrected chi connectivity index (χ2v) is 9.95. The molecule has 2 aromatic rings. The molecule has 2 amide bonds. The number of carboxylic acids is 1. The zero-order chi connectivity index (χ0) is 26.2. The molecule has 194 valence electrons. The van der Waals surface area contributed by atoms with E-state index in [0.29, 0.717) is 64.3 Å². The van der Waals surface area contributed by atoms with Crippen LogP contribution in [0.5, 0.6) is 5.75 Å². The fraction of sp³-hybridized carbons (Fsp3) is 0.400. The molecule has 0 aromatic heterocycles. The molecule has 0 unspecified atom stereocenters. The van der Waals surface area contributed by atoms with Crippen molar-refractivity contribution in [2.45, 2.75) is 26.7 Å². The van der Waals surface area contributed by atoms with Crippen molar-refractivity contribution in [2.75, 3.05) is 49.6 Å². The zero-order valence-electron chi connectivity index (χ0n) is 20.2. The minimum absolute atomic E-state index is 0.259. The summed E-state index contributed by atoms with van der Waals surface area (Å²) >= 11 is 6.80. The molecule has 1 fully saturated rings. The highest BCUT2D eigenvalue weighted by Gasteiger charge is 2.23. The van der Waals surface area contributed by atoms with Crippen LogP contribution in [0, 0.1) is 6.92 Å². The van der Waals surface area contributed by atoms with Gasteiger partial charge in [-0.15, -0.1) is 0 Å². The molecule has 11 heteroatoms. The van der Waals surface area contributed by atoms with E-state index in [-0.39, 0.29) is 12.0 Å². The maximum atomic E-state index is 12.9. The van der Waals surface area contributed by atoms with E-state index in [1.807, 2.05) is 12.1 Å². The van der Waals surface area contributed by atoms with Crippen LogP contribution >= 0.6 is 31.9 Å². The van der Waals surface area contributed by atoms with Gasteiger partial charge in [-0.2, -0.15) is 0 Å². The maximum Gasteiger partial charge on any atom is 0.409 e. The van der Waals surface area contributed by atoms with E-state index in [1.165, 1.54) is 0 Å². The van der Waals surface area contributed by atoms with E-state index in [1.54, 1.807) is 30.0 Å². The number of carbonyl (C=O) groups excluding carboxylic acids is 2. The molecule has 3 rings (SSSR count). The molecular formula is C25H29Br2N3O6. The summed E-state index contributed by atoms with van der Waals surface area (Å²) in [5, 5.41) is 11.8. The summed E-state index contributed by atoms with van der Waals surface area (Å²) in [6.45, 7) is 6.37. The Kier molecular flexibility index (Phi) is 10.0. The van der Waals surface area contributed by atoms with Gasteiger partial charge in [0.05, 0.1) is 15.6 Å². The van der Waals surface area contributed by atoms with Gasteiger partial charge in [0.25, 0.3) is 5.91 Å². The highest BCUT2D eigenvalue weighted by molar-refractivity contribution is 9.11. The largest absolute Gasteiger partial charge is 0.480 e. The van der Waals surface area contributed by atoms with Crippen LogP contribution in [0.3, 0.4) is 0 Å². The van der Waals surface area contributed by atoms with Gasteiger partial charge < -0.3 is 29.7 Å². The Morgan fingerprint density at radius 2 is 1.75 bits per heavy atom. The van der Waals surface area contributed by atoms with Crippen molar-refractivity contribution in [1.29, 1.82) is 0 Å². The molecule has 0 saturated carbocycles. The number of anilines is 2. The third-order valence-corrected chi connectivity index (χ3v) is 7.31. The van der Waals surface area contributed by atoms with Gasteiger partial charge in [-0.05, 0) is 81.1 Å². The Morgan fingerprint density at radius 3 is 2.36 bits per heavy atom. The first-order valence-electron chi connectivity index (χ1n) is 11.6. The molecule has 1 heterocycles. The topological polar surface area (TPSA) is 108 Å². The van der Waals surface area contributed by atoms with E-state index < -0.39 is 12.6 Å². The monoisotopic (exact) mass is 625 g/mol. The van der Waals surface area contributed by atoms with Crippen LogP contribution in [0.25, 0.3) is 0 Å². The van der Waals surface area contributed by atoms with E-state index in [0.717, 1.165) is 18.5 Å². The number of rotatable bonds is 9. The molecule has 9 nitrogen and oxygen atoms in total. The van der Waals surface area contributed by atoms with E-state index in [9.17, 15) is 14.4 Å². The fourth-order valence-corrected chi connectivity index (χ4v) is 5.00. The predicted octanol–water partition coefficient (Wildman–Crippen LogP) is 5.29. The number of halogens is 2. The lowest BCUT2D eigenvalue weighted by atomic mass is 10.1. The molecule has 2 N–H and O–H groups in total. The summed E-state index contributed by atoms with van der Waals surface area (Å²) in [5.41, 5.74) is 2.74. The number of hydrogen-bond donors (Lipinski definition) is 2. The van der Waals surface area contributed by atoms with Crippen LogP contribution in [0.1, 0.15) is 35.7 Å². The van der Waals surface area contributed by atoms with Crippen LogP contribution in [0.2, 0.25) is 0 Å². The lowest BCUT2D eigenvalue weighted by Gasteiger charge is -2.35. The number of unbranched alkanes of at least 4 members (excludes halogenated alkanes) is 1. The van der Waals surface area contributed by atoms with E-state index >= 15 is 0 Å². The van der Waals surface area contributed by atoms with Crippen molar-refractivity contribution >= 4 is 61.2 Å². The Hall–Kier alpha value is -2.79. The van der Waals surface area contributed by atoms with Crippen LogP contribution in [0.4, 0.5) is 16.2 Å². The highest BCUT2D eigenvalue weighted by Crippen LogP contribution is 2.40. The zero-order valence-corrected chi connectivity index (χ0v) is 23.4. The Morgan fingerprint density at radius 1 is 1.08 bits per heavy atom. The van der Waals surface area contributed by atoms with Crippen LogP contribution in [-0.2, 0) is 9.53 Å². The quantitative estimate of drug-likeness (QED) is 0.364. The van der Waals surface area contributed by atoms with Crippen molar-refractivity contribution in [3.63, 3.8) is 0 Å². The number of carbonyl (C=O) groups is 3. The average molecular weight is 627 g/mol. The number of ether oxygens (including phenoxy) is 2. The first kappa shape index (κ1) is 27.8. The van der Waals surface area contributed by atoms with E-state index in [4.69, 9.17) is 14.6 Å². The van der Waals surface area contributed by atoms with Crippen LogP contribution in [-0.4, -0.2) is 67.4 Å². The van der Waals surface area contributed by atoms with Gasteiger partial charge in [-0.25, -0.2) is 9.59 Å². The minimum atomic E-state index is -1.08. The number of nitrogens with one attached hydrogen (secondary N) is 1. The number of aliphatic carboxylic acids is 1. The smallest absolute Gasteiger partial charge is 0.409 e. The first-order chi connectivity index (χ1) is 17.2. The maximum absolute atomic E-state index is 12.9. The summed E-state index contributed by atoms with van der Waals surface area (Å²) in [5.74, 6) is -1.01. The summed E-state index contributed by atoms with van der Waals surface area (Å²) in [4.78, 5) is 39.7. The normalized spacial score (nSPS) is 13.3. The molecule has 2 aromatic carbocycles. The van der Waals surface area contributed by atoms with Gasteiger partial charge >= 0.3 is 12.1 Å². The summed E-state index contributed by atoms with van der Waals surface area (Å²) < 4.78 is 11.7. The standard InChI is InChI=1S/C25H29Br2N3O6/c1-3-4-13-35-25(34)30-11-9-29(10-12-30)18-7-5-17(6-8-18)24(33)28-20-14-19(26)23(22(27)16(20)2)36-15-21(31)32/h5-8,14H,3-4,9-13,15H2,1-2H3,(H,28,33)(H,31,32). The van der Waals surface area contributed by atoms with Crippen molar-refractivity contribution in [3.05, 3.63) is 50.4 Å². The number of nitrogens with zero attached hydrogens (tertiary/aromatic N) is 2. The lowest BCUT2D eigenvalue weighted by Crippen LogP contribution is -2.49. The van der Waals surface area contributed by atoms with Gasteiger partial charge in [0.15, 0.2) is 6.61 Å². The van der Waals surface area contributed by atoms with Crippen LogP contribution < -0.4 is 15.0 Å². The van der Waals surface area contributed by atoms with Crippen molar-refractivity contribution < 1.29 is 29.0 Å². The third-order valence-electron chi connectivity index (χ3n) is 5.76. The number of piperazine rings is 1. The number of amides is 2. The SMILES string of the molecule is CCCCOC(=O)N1CCN(c2ccc(C(=O)Nc3cc(Br)c(OCC(=O)O)c(Br)c3C)cc2)CC1. The average Bonchev–Trinajstić information content (AvgIpc) is 2.87. The number of carboxylic acid groups (broad SMARTS) is 1. The Labute approximate surface area is 227 Å². The highest BCUT2D eigenvalue weighted by atomic mass is 79.9. The van der Waals surface area contributed by atoms with Crippen molar-refractivity contribution in [3.8, 4) is 5.75 Å². The Balaban J connectivity index is 1.59. The molecule has 0 atom stereocenters. The number of benzene rings is 2. The summed E-state index contributed by atoms with van der Waals surface area (Å²) in [6.07, 6.45) is 1.59. The summed E-state index contributed by atoms with van der Waals surface area (Å²) in [7, 11) is 0. The molecular weight excluding hydrogens is 598 g/mol. The van der Waals surface area contributed by atoms with Gasteiger partial charge in [0.1, 0.15) is 5.75 Å². The molecule has 1 saturated heterocycles. The summed E-state index contributed by atoms with van der Waals surface area (Å²) in [6, 6.07) is 8.99. The van der Waals surface area contributed by atoms with Gasteiger partial charge in [0.2, 0.25) is 0 Å². The molecule has 1 aliphatic rings.